The summed E-state index contributed by atoms with van der Waals surface area (Å²) in [6.45, 7) is 4.28. The van der Waals surface area contributed by atoms with Gasteiger partial charge in [-0.25, -0.2) is 0 Å². The average molecular weight is 524 g/mol. The summed E-state index contributed by atoms with van der Waals surface area (Å²) in [6, 6.07) is 14.2. The van der Waals surface area contributed by atoms with Crippen molar-refractivity contribution in [3.05, 3.63) is 64.2 Å². The molecule has 0 spiro atoms. The highest BCUT2D eigenvalue weighted by Gasteiger charge is 2.28. The summed E-state index contributed by atoms with van der Waals surface area (Å²) in [5, 5.41) is 6.43. The molecule has 2 N–H and O–H groups in total. The summed E-state index contributed by atoms with van der Waals surface area (Å²) >= 11 is 6.59. The van der Waals surface area contributed by atoms with E-state index in [1.165, 1.54) is 12.5 Å². The average Bonchev–Trinajstić information content (AvgIpc) is 3.32. The van der Waals surface area contributed by atoms with Gasteiger partial charge in [0.1, 0.15) is 24.3 Å². The van der Waals surface area contributed by atoms with Gasteiger partial charge in [0.15, 0.2) is 11.5 Å². The number of carbonyl (C=O) groups is 1. The third kappa shape index (κ3) is 5.60. The number of hydrogen-bond acceptors (Lipinski definition) is 7. The number of halogens is 1. The quantitative estimate of drug-likeness (QED) is 0.400. The van der Waals surface area contributed by atoms with Gasteiger partial charge in [-0.1, -0.05) is 35.9 Å². The number of rotatable bonds is 9. The highest BCUT2D eigenvalue weighted by molar-refractivity contribution is 6.31. The number of fused-ring (bicyclic) bond motifs is 2. The van der Waals surface area contributed by atoms with E-state index in [-0.39, 0.29) is 12.0 Å². The molecule has 37 heavy (non-hydrogen) atoms. The normalized spacial score (nSPS) is 15.7. The van der Waals surface area contributed by atoms with E-state index < -0.39 is 0 Å². The molecule has 0 fully saturated rings. The monoisotopic (exact) mass is 523 g/mol. The molecule has 0 bridgehead atoms. The molecule has 1 aromatic heterocycles. The summed E-state index contributed by atoms with van der Waals surface area (Å²) in [4.78, 5) is 15.6. The molecule has 0 radical (unpaired) electrons. The lowest BCUT2D eigenvalue weighted by Gasteiger charge is -2.20. The SMILES string of the molecule is COc1nc(O[C@H]2CCc3c(-c4ccc5c(c4)OCCO5)cccc32)c(Cl)cc1CNCCNC(C)=O. The first-order valence-corrected chi connectivity index (χ1v) is 12.8. The fraction of sp³-hybridized carbons (Fsp3) is 0.357. The minimum absolute atomic E-state index is 0.0579. The molecule has 1 aliphatic heterocycles. The van der Waals surface area contributed by atoms with Crippen LogP contribution in [0.2, 0.25) is 5.02 Å². The summed E-state index contributed by atoms with van der Waals surface area (Å²) in [5.41, 5.74) is 5.46. The number of hydrogen-bond donors (Lipinski definition) is 2. The van der Waals surface area contributed by atoms with Gasteiger partial charge >= 0.3 is 0 Å². The molecule has 1 amide bonds. The van der Waals surface area contributed by atoms with Crippen molar-refractivity contribution in [2.75, 3.05) is 33.4 Å². The van der Waals surface area contributed by atoms with Gasteiger partial charge in [0.2, 0.25) is 17.7 Å². The van der Waals surface area contributed by atoms with Crippen molar-refractivity contribution in [2.45, 2.75) is 32.4 Å². The van der Waals surface area contributed by atoms with Crippen LogP contribution in [0.25, 0.3) is 11.1 Å². The van der Waals surface area contributed by atoms with Crippen molar-refractivity contribution in [2.24, 2.45) is 0 Å². The molecule has 1 aliphatic carbocycles. The zero-order valence-corrected chi connectivity index (χ0v) is 21.7. The van der Waals surface area contributed by atoms with Gasteiger partial charge in [-0.05, 0) is 53.3 Å². The molecule has 0 saturated heterocycles. The second-order valence-electron chi connectivity index (χ2n) is 8.98. The lowest BCUT2D eigenvalue weighted by atomic mass is 9.96. The third-order valence-corrected chi connectivity index (χ3v) is 6.76. The minimum Gasteiger partial charge on any atom is -0.486 e. The van der Waals surface area contributed by atoms with Crippen molar-refractivity contribution < 1.29 is 23.7 Å². The first kappa shape index (κ1) is 25.2. The van der Waals surface area contributed by atoms with Crippen molar-refractivity contribution in [1.82, 2.24) is 15.6 Å². The number of carbonyl (C=O) groups excluding carboxylic acids is 1. The second-order valence-corrected chi connectivity index (χ2v) is 9.39. The van der Waals surface area contributed by atoms with Crippen LogP contribution < -0.4 is 29.6 Å². The first-order valence-electron chi connectivity index (χ1n) is 12.4. The van der Waals surface area contributed by atoms with Gasteiger partial charge in [0.25, 0.3) is 0 Å². The number of ether oxygens (including phenoxy) is 4. The Morgan fingerprint density at radius 3 is 2.76 bits per heavy atom. The van der Waals surface area contributed by atoms with Crippen LogP contribution in [0.1, 0.15) is 36.1 Å². The number of nitrogens with zero attached hydrogens (tertiary/aromatic N) is 1. The Labute approximate surface area is 221 Å². The molecule has 5 rings (SSSR count). The van der Waals surface area contributed by atoms with Crippen molar-refractivity contribution in [1.29, 1.82) is 0 Å². The largest absolute Gasteiger partial charge is 0.486 e. The van der Waals surface area contributed by atoms with E-state index in [1.807, 2.05) is 18.2 Å². The number of benzene rings is 2. The molecule has 0 unspecified atom stereocenters. The number of nitrogens with one attached hydrogen (secondary N) is 2. The second kappa shape index (κ2) is 11.3. The number of amides is 1. The highest BCUT2D eigenvalue weighted by atomic mass is 35.5. The Kier molecular flexibility index (Phi) is 7.67. The van der Waals surface area contributed by atoms with E-state index in [4.69, 9.17) is 30.5 Å². The van der Waals surface area contributed by atoms with E-state index in [9.17, 15) is 4.79 Å². The van der Waals surface area contributed by atoms with E-state index in [0.29, 0.717) is 49.6 Å². The van der Waals surface area contributed by atoms with Gasteiger partial charge in [0.05, 0.1) is 7.11 Å². The Morgan fingerprint density at radius 2 is 1.95 bits per heavy atom. The standard InChI is InChI=1S/C28H30ClN3O5/c1-17(33)31-11-10-30-16-19-14-23(29)28(32-27(19)34-2)37-24-9-7-21-20(4-3-5-22(21)24)18-6-8-25-26(15-18)36-13-12-35-25/h3-6,8,14-15,24,30H,7,9-13,16H2,1-2H3,(H,31,33)/t24-/m0/s1. The lowest BCUT2D eigenvalue weighted by Crippen LogP contribution is -2.30. The minimum atomic E-state index is -0.163. The van der Waals surface area contributed by atoms with Crippen molar-refractivity contribution in [3.8, 4) is 34.4 Å². The van der Waals surface area contributed by atoms with Gasteiger partial charge in [-0.2, -0.15) is 4.98 Å². The highest BCUT2D eigenvalue weighted by Crippen LogP contribution is 2.43. The molecule has 2 heterocycles. The molecule has 1 atom stereocenters. The van der Waals surface area contributed by atoms with E-state index in [1.54, 1.807) is 7.11 Å². The Hall–Kier alpha value is -3.49. The van der Waals surface area contributed by atoms with Crippen LogP contribution in [0.15, 0.2) is 42.5 Å². The van der Waals surface area contributed by atoms with E-state index in [2.05, 4.69) is 39.9 Å². The maximum absolute atomic E-state index is 11.0. The maximum atomic E-state index is 11.0. The Morgan fingerprint density at radius 1 is 1.11 bits per heavy atom. The molecule has 2 aliphatic rings. The van der Waals surface area contributed by atoms with Crippen molar-refractivity contribution in [3.63, 3.8) is 0 Å². The van der Waals surface area contributed by atoms with Gasteiger partial charge in [-0.3, -0.25) is 4.79 Å². The molecule has 3 aromatic rings. The third-order valence-electron chi connectivity index (χ3n) is 6.49. The molecule has 9 heteroatoms. The first-order chi connectivity index (χ1) is 18.0. The molecule has 8 nitrogen and oxygen atoms in total. The zero-order chi connectivity index (χ0) is 25.8. The molecule has 194 valence electrons. The van der Waals surface area contributed by atoms with Crippen LogP contribution in [-0.4, -0.2) is 44.3 Å². The van der Waals surface area contributed by atoms with Crippen LogP contribution in [0, 0.1) is 0 Å². The topological polar surface area (TPSA) is 90.9 Å². The molecule has 0 saturated carbocycles. The Balaban J connectivity index is 1.32. The van der Waals surface area contributed by atoms with Crippen LogP contribution in [-0.2, 0) is 17.8 Å². The summed E-state index contributed by atoms with van der Waals surface area (Å²) in [6.07, 6.45) is 1.54. The summed E-state index contributed by atoms with van der Waals surface area (Å²) < 4.78 is 23.3. The van der Waals surface area contributed by atoms with Crippen LogP contribution in [0.5, 0.6) is 23.3 Å². The van der Waals surface area contributed by atoms with E-state index in [0.717, 1.165) is 46.6 Å². The smallest absolute Gasteiger partial charge is 0.236 e. The molecular formula is C28H30ClN3O5. The maximum Gasteiger partial charge on any atom is 0.236 e. The predicted molar refractivity (Wildman–Crippen MR) is 141 cm³/mol. The van der Waals surface area contributed by atoms with Gasteiger partial charge in [0, 0.05) is 32.1 Å². The summed E-state index contributed by atoms with van der Waals surface area (Å²) in [5.74, 6) is 2.31. The number of methoxy groups -OCH3 is 1. The summed E-state index contributed by atoms with van der Waals surface area (Å²) in [7, 11) is 1.57. The fourth-order valence-corrected chi connectivity index (χ4v) is 5.00. The van der Waals surface area contributed by atoms with E-state index >= 15 is 0 Å². The molecule has 2 aromatic carbocycles. The van der Waals surface area contributed by atoms with Gasteiger partial charge < -0.3 is 29.6 Å². The Bertz CT molecular complexity index is 1300. The van der Waals surface area contributed by atoms with Gasteiger partial charge in [-0.15, -0.1) is 0 Å². The van der Waals surface area contributed by atoms with Crippen LogP contribution in [0.3, 0.4) is 0 Å². The van der Waals surface area contributed by atoms with Crippen molar-refractivity contribution >= 4 is 17.5 Å². The van der Waals surface area contributed by atoms with Crippen LogP contribution >= 0.6 is 11.6 Å². The fourth-order valence-electron chi connectivity index (χ4n) is 4.78. The number of pyridine rings is 1. The van der Waals surface area contributed by atoms with Crippen LogP contribution in [0.4, 0.5) is 0 Å². The predicted octanol–water partition coefficient (Wildman–Crippen LogP) is 4.47. The zero-order valence-electron chi connectivity index (χ0n) is 20.9. The lowest BCUT2D eigenvalue weighted by molar-refractivity contribution is -0.118. The molecular weight excluding hydrogens is 494 g/mol. The number of aromatic nitrogens is 1.